The van der Waals surface area contributed by atoms with Crippen molar-refractivity contribution in [1.82, 2.24) is 20.5 Å². The summed E-state index contributed by atoms with van der Waals surface area (Å²) in [4.78, 5) is 31.9. The first-order valence-corrected chi connectivity index (χ1v) is 10.3. The molecule has 0 aliphatic heterocycles. The number of likely N-dealkylation sites (N-methyl/N-ethyl adjacent to an activating group) is 1. The predicted molar refractivity (Wildman–Crippen MR) is 113 cm³/mol. The van der Waals surface area contributed by atoms with Gasteiger partial charge in [0.1, 0.15) is 0 Å². The summed E-state index contributed by atoms with van der Waals surface area (Å²) in [5.74, 6) is -3.65. The number of nitrogen functional groups attached to an aromatic ring is 1. The first kappa shape index (κ1) is 23.7. The molecule has 1 aromatic heterocycles. The number of amides is 2. The lowest BCUT2D eigenvalue weighted by molar-refractivity contribution is -0.126. The molecule has 0 radical (unpaired) electrons. The maximum absolute atomic E-state index is 13.8. The van der Waals surface area contributed by atoms with Gasteiger partial charge in [-0.15, -0.1) is 11.3 Å². The van der Waals surface area contributed by atoms with E-state index in [1.807, 2.05) is 25.8 Å². The zero-order valence-electron chi connectivity index (χ0n) is 17.4. The van der Waals surface area contributed by atoms with Gasteiger partial charge in [0.15, 0.2) is 16.8 Å². The lowest BCUT2D eigenvalue weighted by Gasteiger charge is -2.28. The van der Waals surface area contributed by atoms with Gasteiger partial charge in [0.2, 0.25) is 11.8 Å². The number of hydrogen-bond acceptors (Lipinski definition) is 6. The number of rotatable bonds is 9. The van der Waals surface area contributed by atoms with Crippen LogP contribution in [0.4, 0.5) is 13.9 Å². The maximum Gasteiger partial charge on any atom is 0.237 e. The van der Waals surface area contributed by atoms with Crippen molar-refractivity contribution in [2.75, 3.05) is 19.3 Å². The molecule has 7 nitrogen and oxygen atoms in total. The highest BCUT2D eigenvalue weighted by atomic mass is 32.1. The average Bonchev–Trinajstić information content (AvgIpc) is 3.12. The molecular formula is C20H27F2N5O2S. The van der Waals surface area contributed by atoms with Crippen molar-refractivity contribution in [1.29, 1.82) is 0 Å². The van der Waals surface area contributed by atoms with Crippen molar-refractivity contribution >= 4 is 28.3 Å². The average molecular weight is 440 g/mol. The summed E-state index contributed by atoms with van der Waals surface area (Å²) < 4.78 is 27.1. The number of carbonyl (C=O) groups excluding carboxylic acids is 2. The molecule has 0 aliphatic rings. The molecule has 2 amide bonds. The summed E-state index contributed by atoms with van der Waals surface area (Å²) in [6.07, 6.45) is 1.55. The van der Waals surface area contributed by atoms with E-state index in [0.717, 1.165) is 17.0 Å². The third-order valence-electron chi connectivity index (χ3n) is 4.96. The molecule has 2 aromatic rings. The molecule has 2 rings (SSSR count). The van der Waals surface area contributed by atoms with Gasteiger partial charge in [0, 0.05) is 23.7 Å². The minimum atomic E-state index is -1.06. The molecule has 0 fully saturated rings. The Morgan fingerprint density at radius 2 is 1.87 bits per heavy atom. The Balaban J connectivity index is 2.13. The molecule has 4 N–H and O–H groups in total. The van der Waals surface area contributed by atoms with Crippen LogP contribution in [-0.4, -0.2) is 47.4 Å². The van der Waals surface area contributed by atoms with Crippen molar-refractivity contribution in [3.63, 3.8) is 0 Å². The van der Waals surface area contributed by atoms with Gasteiger partial charge in [-0.25, -0.2) is 13.8 Å². The normalized spacial score (nSPS) is 13.3. The Morgan fingerprint density at radius 3 is 2.43 bits per heavy atom. The predicted octanol–water partition coefficient (Wildman–Crippen LogP) is 2.25. The SMILES string of the molecule is CC(C)N(C)[C@@H](C)C(=O)NC[C@H](C(=O)NCc1cnc(N)s1)c1ccc(F)c(F)c1. The maximum atomic E-state index is 13.8. The monoisotopic (exact) mass is 439 g/mol. The number of nitrogens with two attached hydrogens (primary N) is 1. The molecule has 10 heteroatoms. The van der Waals surface area contributed by atoms with E-state index in [1.54, 1.807) is 13.1 Å². The second-order valence-electron chi connectivity index (χ2n) is 7.29. The van der Waals surface area contributed by atoms with Crippen molar-refractivity contribution < 1.29 is 18.4 Å². The Kier molecular flexibility index (Phi) is 8.24. The van der Waals surface area contributed by atoms with Crippen LogP contribution in [0.3, 0.4) is 0 Å². The third kappa shape index (κ3) is 6.20. The van der Waals surface area contributed by atoms with Crippen LogP contribution in [0.2, 0.25) is 0 Å². The first-order chi connectivity index (χ1) is 14.1. The highest BCUT2D eigenvalue weighted by molar-refractivity contribution is 7.15. The summed E-state index contributed by atoms with van der Waals surface area (Å²) in [7, 11) is 1.83. The fourth-order valence-corrected chi connectivity index (χ4v) is 3.40. The van der Waals surface area contributed by atoms with Gasteiger partial charge in [-0.3, -0.25) is 14.5 Å². The van der Waals surface area contributed by atoms with Gasteiger partial charge in [-0.2, -0.15) is 0 Å². The van der Waals surface area contributed by atoms with Gasteiger partial charge in [-0.1, -0.05) is 6.07 Å². The summed E-state index contributed by atoms with van der Waals surface area (Å²) in [5.41, 5.74) is 5.85. The second kappa shape index (κ2) is 10.4. The highest BCUT2D eigenvalue weighted by Gasteiger charge is 2.25. The molecule has 0 saturated heterocycles. The number of nitrogens with zero attached hydrogens (tertiary/aromatic N) is 2. The standard InChI is InChI=1S/C20H27F2N5O2S/c1-11(2)27(4)12(3)18(28)25-10-15(13-5-6-16(21)17(22)7-13)19(29)24-8-14-9-26-20(23)30-14/h5-7,9,11-12,15H,8,10H2,1-4H3,(H2,23,26)(H,24,29)(H,25,28)/t12-,15-/m0/s1. The van der Waals surface area contributed by atoms with Crippen molar-refractivity contribution in [3.8, 4) is 0 Å². The fourth-order valence-electron chi connectivity index (χ4n) is 2.78. The van der Waals surface area contributed by atoms with E-state index >= 15 is 0 Å². The van der Waals surface area contributed by atoms with Crippen LogP contribution in [0.15, 0.2) is 24.4 Å². The molecule has 1 aromatic carbocycles. The molecular weight excluding hydrogens is 412 g/mol. The van der Waals surface area contributed by atoms with Gasteiger partial charge < -0.3 is 16.4 Å². The minimum absolute atomic E-state index is 0.0587. The smallest absolute Gasteiger partial charge is 0.237 e. The van der Waals surface area contributed by atoms with Gasteiger partial charge in [0.25, 0.3) is 0 Å². The van der Waals surface area contributed by atoms with E-state index in [9.17, 15) is 18.4 Å². The van der Waals surface area contributed by atoms with Crippen LogP contribution in [0.1, 0.15) is 37.1 Å². The first-order valence-electron chi connectivity index (χ1n) is 9.52. The molecule has 164 valence electrons. The molecule has 0 bridgehead atoms. The summed E-state index contributed by atoms with van der Waals surface area (Å²) in [6, 6.07) is 3.01. The van der Waals surface area contributed by atoms with E-state index in [0.29, 0.717) is 5.13 Å². The Bertz CT molecular complexity index is 890. The number of carbonyl (C=O) groups is 2. The number of halogens is 2. The van der Waals surface area contributed by atoms with E-state index in [-0.39, 0.29) is 30.6 Å². The molecule has 2 atom stereocenters. The van der Waals surface area contributed by atoms with Crippen molar-refractivity contribution in [3.05, 3.63) is 46.5 Å². The number of thiazole rings is 1. The molecule has 0 saturated carbocycles. The van der Waals surface area contributed by atoms with Crippen LogP contribution < -0.4 is 16.4 Å². The topological polar surface area (TPSA) is 100 Å². The summed E-state index contributed by atoms with van der Waals surface area (Å²) in [5, 5.41) is 5.87. The van der Waals surface area contributed by atoms with Crippen molar-refractivity contribution in [2.24, 2.45) is 0 Å². The van der Waals surface area contributed by atoms with E-state index < -0.39 is 29.5 Å². The van der Waals surface area contributed by atoms with Gasteiger partial charge in [-0.05, 0) is 45.5 Å². The molecule has 0 spiro atoms. The number of nitrogens with one attached hydrogen (secondary N) is 2. The third-order valence-corrected chi connectivity index (χ3v) is 5.78. The van der Waals surface area contributed by atoms with Crippen molar-refractivity contribution in [2.45, 2.75) is 45.3 Å². The van der Waals surface area contributed by atoms with Gasteiger partial charge in [0.05, 0.1) is 18.5 Å². The fraction of sp³-hybridized carbons (Fsp3) is 0.450. The van der Waals surface area contributed by atoms with Crippen LogP contribution in [0.25, 0.3) is 0 Å². The highest BCUT2D eigenvalue weighted by Crippen LogP contribution is 2.20. The molecule has 0 unspecified atom stereocenters. The Morgan fingerprint density at radius 1 is 1.17 bits per heavy atom. The number of aromatic nitrogens is 1. The second-order valence-corrected chi connectivity index (χ2v) is 8.44. The Labute approximate surface area is 178 Å². The minimum Gasteiger partial charge on any atom is -0.375 e. The van der Waals surface area contributed by atoms with E-state index in [4.69, 9.17) is 5.73 Å². The van der Waals surface area contributed by atoms with Crippen LogP contribution >= 0.6 is 11.3 Å². The number of anilines is 1. The lowest BCUT2D eigenvalue weighted by atomic mass is 9.97. The van der Waals surface area contributed by atoms with Crippen LogP contribution in [0, 0.1) is 11.6 Å². The largest absolute Gasteiger partial charge is 0.375 e. The quantitative estimate of drug-likeness (QED) is 0.557. The zero-order valence-corrected chi connectivity index (χ0v) is 18.2. The van der Waals surface area contributed by atoms with Gasteiger partial charge >= 0.3 is 0 Å². The van der Waals surface area contributed by atoms with E-state index in [2.05, 4.69) is 15.6 Å². The summed E-state index contributed by atoms with van der Waals surface area (Å²) in [6.45, 7) is 5.82. The zero-order chi connectivity index (χ0) is 22.4. The van der Waals surface area contributed by atoms with E-state index in [1.165, 1.54) is 17.4 Å². The number of hydrogen-bond donors (Lipinski definition) is 3. The van der Waals surface area contributed by atoms with Crippen LogP contribution in [0.5, 0.6) is 0 Å². The lowest BCUT2D eigenvalue weighted by Crippen LogP contribution is -2.47. The summed E-state index contributed by atoms with van der Waals surface area (Å²) >= 11 is 1.24. The van der Waals surface area contributed by atoms with Crippen LogP contribution in [-0.2, 0) is 16.1 Å². The Hall–Kier alpha value is -2.59. The molecule has 0 aliphatic carbocycles. The number of benzene rings is 1. The molecule has 30 heavy (non-hydrogen) atoms. The molecule has 1 heterocycles.